The molecule has 4 nitrogen and oxygen atoms in total. The Bertz CT molecular complexity index is 540. The van der Waals surface area contributed by atoms with E-state index in [0.717, 1.165) is 0 Å². The molecular formula is C13H12O4. The molecule has 88 valence electrons. The van der Waals surface area contributed by atoms with Crippen molar-refractivity contribution in [2.24, 2.45) is 0 Å². The Morgan fingerprint density at radius 1 is 1.24 bits per heavy atom. The van der Waals surface area contributed by atoms with E-state index in [9.17, 15) is 14.7 Å². The number of carbonyl (C=O) groups is 2. The maximum absolute atomic E-state index is 12.1. The molecule has 0 unspecified atom stereocenters. The number of allylic oxidation sites excluding steroid dienone is 2. The molecule has 1 aromatic carbocycles. The van der Waals surface area contributed by atoms with Crippen LogP contribution in [0.2, 0.25) is 0 Å². The number of Topliss-reactive ketones (excluding diaryl/α,β-unsaturated/α-hetero) is 2. The normalized spacial score (nSPS) is 14.9. The standard InChI is InChI=1S/C13H12O4/c1-3-17-13-7(2)11(15)8-5-4-6-9(14)10(8)12(13)16/h4-6,14H,3H2,1-2H3. The second-order valence-electron chi connectivity index (χ2n) is 3.75. The lowest BCUT2D eigenvalue weighted by molar-refractivity contribution is 0.0878. The Labute approximate surface area is 98.5 Å². The number of ether oxygens (including phenoxy) is 1. The molecule has 0 radical (unpaired) electrons. The SMILES string of the molecule is CCOC1=C(C)C(=O)c2cccc(O)c2C1=O. The zero-order chi connectivity index (χ0) is 12.6. The summed E-state index contributed by atoms with van der Waals surface area (Å²) in [7, 11) is 0. The number of phenolic OH excluding ortho intramolecular Hbond substituents is 1. The summed E-state index contributed by atoms with van der Waals surface area (Å²) in [6, 6.07) is 4.45. The number of rotatable bonds is 2. The quantitative estimate of drug-likeness (QED) is 0.847. The van der Waals surface area contributed by atoms with Gasteiger partial charge in [0.1, 0.15) is 5.75 Å². The van der Waals surface area contributed by atoms with Crippen molar-refractivity contribution in [3.05, 3.63) is 40.7 Å². The van der Waals surface area contributed by atoms with Crippen LogP contribution in [0.5, 0.6) is 5.75 Å². The van der Waals surface area contributed by atoms with Crippen LogP contribution in [0, 0.1) is 0 Å². The minimum Gasteiger partial charge on any atom is -0.507 e. The average molecular weight is 232 g/mol. The first kappa shape index (κ1) is 11.4. The van der Waals surface area contributed by atoms with Crippen LogP contribution in [-0.4, -0.2) is 23.3 Å². The number of phenols is 1. The molecule has 0 aliphatic heterocycles. The van der Waals surface area contributed by atoms with E-state index in [1.165, 1.54) is 18.2 Å². The molecule has 2 rings (SSSR count). The van der Waals surface area contributed by atoms with Gasteiger partial charge in [-0.15, -0.1) is 0 Å². The van der Waals surface area contributed by atoms with Crippen LogP contribution in [0.4, 0.5) is 0 Å². The van der Waals surface area contributed by atoms with E-state index < -0.39 is 5.78 Å². The molecule has 17 heavy (non-hydrogen) atoms. The summed E-state index contributed by atoms with van der Waals surface area (Å²) in [4.78, 5) is 24.1. The zero-order valence-electron chi connectivity index (χ0n) is 9.61. The third-order valence-corrected chi connectivity index (χ3v) is 2.69. The Morgan fingerprint density at radius 3 is 2.59 bits per heavy atom. The van der Waals surface area contributed by atoms with E-state index in [0.29, 0.717) is 6.61 Å². The van der Waals surface area contributed by atoms with Gasteiger partial charge in [-0.3, -0.25) is 9.59 Å². The summed E-state index contributed by atoms with van der Waals surface area (Å²) >= 11 is 0. The molecular weight excluding hydrogens is 220 g/mol. The van der Waals surface area contributed by atoms with Crippen molar-refractivity contribution >= 4 is 11.6 Å². The lowest BCUT2D eigenvalue weighted by Gasteiger charge is -2.19. The number of benzene rings is 1. The molecule has 0 fully saturated rings. The lowest BCUT2D eigenvalue weighted by Crippen LogP contribution is -2.22. The second kappa shape index (κ2) is 4.05. The predicted octanol–water partition coefficient (Wildman–Crippen LogP) is 2.08. The van der Waals surface area contributed by atoms with Gasteiger partial charge in [-0.2, -0.15) is 0 Å². The van der Waals surface area contributed by atoms with Crippen molar-refractivity contribution in [1.29, 1.82) is 0 Å². The molecule has 0 saturated carbocycles. The van der Waals surface area contributed by atoms with Gasteiger partial charge in [0.25, 0.3) is 0 Å². The zero-order valence-corrected chi connectivity index (χ0v) is 9.61. The molecule has 1 aliphatic rings. The van der Waals surface area contributed by atoms with E-state index >= 15 is 0 Å². The molecule has 4 heteroatoms. The number of carbonyl (C=O) groups excluding carboxylic acids is 2. The van der Waals surface area contributed by atoms with Gasteiger partial charge in [-0.1, -0.05) is 12.1 Å². The van der Waals surface area contributed by atoms with Crippen LogP contribution in [-0.2, 0) is 4.74 Å². The van der Waals surface area contributed by atoms with Crippen LogP contribution in [0.1, 0.15) is 34.6 Å². The van der Waals surface area contributed by atoms with Crippen LogP contribution >= 0.6 is 0 Å². The average Bonchev–Trinajstić information content (AvgIpc) is 2.31. The van der Waals surface area contributed by atoms with Crippen molar-refractivity contribution in [2.75, 3.05) is 6.61 Å². The highest BCUT2D eigenvalue weighted by Crippen LogP contribution is 2.32. The van der Waals surface area contributed by atoms with Gasteiger partial charge in [-0.25, -0.2) is 0 Å². The van der Waals surface area contributed by atoms with Crippen molar-refractivity contribution in [3.63, 3.8) is 0 Å². The summed E-state index contributed by atoms with van der Waals surface area (Å²) in [5.41, 5.74) is 0.553. The molecule has 1 N–H and O–H groups in total. The van der Waals surface area contributed by atoms with Gasteiger partial charge in [-0.05, 0) is 19.9 Å². The third kappa shape index (κ3) is 1.62. The first-order chi connectivity index (χ1) is 8.07. The van der Waals surface area contributed by atoms with Gasteiger partial charge in [0.05, 0.1) is 12.2 Å². The molecule has 1 aromatic rings. The van der Waals surface area contributed by atoms with E-state index in [4.69, 9.17) is 4.74 Å². The maximum atomic E-state index is 12.1. The van der Waals surface area contributed by atoms with Gasteiger partial charge >= 0.3 is 0 Å². The Hall–Kier alpha value is -2.10. The summed E-state index contributed by atoms with van der Waals surface area (Å²) < 4.78 is 5.19. The fraction of sp³-hybridized carbons (Fsp3) is 0.231. The largest absolute Gasteiger partial charge is 0.507 e. The highest BCUT2D eigenvalue weighted by Gasteiger charge is 2.33. The maximum Gasteiger partial charge on any atom is 0.232 e. The van der Waals surface area contributed by atoms with Gasteiger partial charge in [0, 0.05) is 11.1 Å². The monoisotopic (exact) mass is 232 g/mol. The lowest BCUT2D eigenvalue weighted by atomic mass is 9.88. The molecule has 0 saturated heterocycles. The first-order valence-corrected chi connectivity index (χ1v) is 5.33. The van der Waals surface area contributed by atoms with Crippen LogP contribution in [0.15, 0.2) is 29.5 Å². The number of aromatic hydroxyl groups is 1. The highest BCUT2D eigenvalue weighted by atomic mass is 16.5. The first-order valence-electron chi connectivity index (χ1n) is 5.33. The fourth-order valence-corrected chi connectivity index (χ4v) is 1.88. The van der Waals surface area contributed by atoms with Crippen molar-refractivity contribution in [1.82, 2.24) is 0 Å². The second-order valence-corrected chi connectivity index (χ2v) is 3.75. The van der Waals surface area contributed by atoms with Gasteiger partial charge < -0.3 is 9.84 Å². The number of hydrogen-bond acceptors (Lipinski definition) is 4. The van der Waals surface area contributed by atoms with E-state index in [2.05, 4.69) is 0 Å². The Kier molecular flexibility index (Phi) is 2.71. The summed E-state index contributed by atoms with van der Waals surface area (Å²) in [6.45, 7) is 3.59. The summed E-state index contributed by atoms with van der Waals surface area (Å²) in [6.07, 6.45) is 0. The van der Waals surface area contributed by atoms with Crippen LogP contribution in [0.3, 0.4) is 0 Å². The van der Waals surface area contributed by atoms with Crippen LogP contribution in [0.25, 0.3) is 0 Å². The number of ketones is 2. The third-order valence-electron chi connectivity index (χ3n) is 2.69. The highest BCUT2D eigenvalue weighted by molar-refractivity contribution is 6.26. The molecule has 1 aliphatic carbocycles. The number of hydrogen-bond donors (Lipinski definition) is 1. The summed E-state index contributed by atoms with van der Waals surface area (Å²) in [5.74, 6) is -0.868. The molecule has 0 atom stereocenters. The van der Waals surface area contributed by atoms with Gasteiger partial charge in [0.15, 0.2) is 11.5 Å². The van der Waals surface area contributed by atoms with E-state index in [-0.39, 0.29) is 34.0 Å². The van der Waals surface area contributed by atoms with Crippen molar-refractivity contribution in [3.8, 4) is 5.75 Å². The van der Waals surface area contributed by atoms with Crippen molar-refractivity contribution < 1.29 is 19.4 Å². The van der Waals surface area contributed by atoms with Crippen molar-refractivity contribution in [2.45, 2.75) is 13.8 Å². The Morgan fingerprint density at radius 2 is 1.94 bits per heavy atom. The Balaban J connectivity index is 2.65. The minimum absolute atomic E-state index is 0.0338. The molecule has 0 heterocycles. The topological polar surface area (TPSA) is 63.6 Å². The smallest absolute Gasteiger partial charge is 0.232 e. The number of fused-ring (bicyclic) bond motifs is 1. The molecule has 0 amide bonds. The molecule has 0 bridgehead atoms. The summed E-state index contributed by atoms with van der Waals surface area (Å²) in [5, 5.41) is 9.67. The van der Waals surface area contributed by atoms with Crippen LogP contribution < -0.4 is 0 Å². The predicted molar refractivity (Wildman–Crippen MR) is 61.1 cm³/mol. The van der Waals surface area contributed by atoms with E-state index in [1.54, 1.807) is 13.8 Å². The minimum atomic E-state index is -0.433. The van der Waals surface area contributed by atoms with E-state index in [1.807, 2.05) is 0 Å². The van der Waals surface area contributed by atoms with Gasteiger partial charge in [0.2, 0.25) is 5.78 Å². The molecule has 0 spiro atoms. The fourth-order valence-electron chi connectivity index (χ4n) is 1.88. The molecule has 0 aromatic heterocycles.